The number of carbonyl (C=O) groups is 2. The summed E-state index contributed by atoms with van der Waals surface area (Å²) >= 11 is 0. The Balaban J connectivity index is 1.58. The van der Waals surface area contributed by atoms with Crippen molar-refractivity contribution < 1.29 is 22.7 Å². The smallest absolute Gasteiger partial charge is 0.339 e. The third-order valence-corrected chi connectivity index (χ3v) is 6.80. The molecule has 8 heteroatoms. The van der Waals surface area contributed by atoms with Gasteiger partial charge in [0.2, 0.25) is 0 Å². The molecule has 1 aromatic heterocycles. The molecule has 2 aromatic carbocycles. The van der Waals surface area contributed by atoms with Crippen LogP contribution in [0.2, 0.25) is 0 Å². The number of benzene rings is 2. The number of carbonyl (C=O) groups excluding carboxylic acids is 2. The normalized spacial score (nSPS) is 16.8. The van der Waals surface area contributed by atoms with Gasteiger partial charge in [-0.05, 0) is 36.3 Å². The molecule has 7 nitrogen and oxygen atoms in total. The zero-order chi connectivity index (χ0) is 23.6. The Bertz CT molecular complexity index is 1330. The second kappa shape index (κ2) is 9.15. The largest absolute Gasteiger partial charge is 0.452 e. The Morgan fingerprint density at radius 2 is 1.79 bits per heavy atom. The summed E-state index contributed by atoms with van der Waals surface area (Å²) in [5.74, 6) is -1.25. The molecule has 170 valence electrons. The maximum atomic E-state index is 13.1. The van der Waals surface area contributed by atoms with Crippen molar-refractivity contribution in [3.05, 3.63) is 83.4 Å². The van der Waals surface area contributed by atoms with Crippen molar-refractivity contribution in [3.63, 3.8) is 0 Å². The van der Waals surface area contributed by atoms with Crippen LogP contribution in [0.1, 0.15) is 35.8 Å². The van der Waals surface area contributed by atoms with Gasteiger partial charge in [0, 0.05) is 22.2 Å². The van der Waals surface area contributed by atoms with E-state index >= 15 is 0 Å². The van der Waals surface area contributed by atoms with E-state index in [9.17, 15) is 18.0 Å². The molecule has 4 rings (SSSR count). The van der Waals surface area contributed by atoms with E-state index in [2.05, 4.69) is 4.98 Å². The van der Waals surface area contributed by atoms with E-state index in [1.54, 1.807) is 42.5 Å². The molecule has 0 aliphatic carbocycles. The number of para-hydroxylation sites is 2. The van der Waals surface area contributed by atoms with Gasteiger partial charge < -0.3 is 9.64 Å². The molecule has 0 saturated carbocycles. The third-order valence-electron chi connectivity index (χ3n) is 5.42. The van der Waals surface area contributed by atoms with Crippen LogP contribution in [0.3, 0.4) is 0 Å². The van der Waals surface area contributed by atoms with E-state index in [1.165, 1.54) is 11.0 Å². The standard InChI is InChI=1S/C25H24N2O5S/c1-17(2)23-14-21(20-10-6-7-11-22(20)26-23)25(29)32-15-24(28)27(18-8-4-3-5-9-18)19-12-13-33(30,31)16-19/h3-14,17,19H,15-16H2,1-2H3. The molecule has 1 aliphatic rings. The van der Waals surface area contributed by atoms with Crippen molar-refractivity contribution >= 4 is 38.3 Å². The Morgan fingerprint density at radius 1 is 1.09 bits per heavy atom. The fourth-order valence-corrected chi connectivity index (χ4v) is 5.03. The van der Waals surface area contributed by atoms with Gasteiger partial charge >= 0.3 is 5.97 Å². The molecule has 0 saturated heterocycles. The SMILES string of the molecule is CC(C)c1cc(C(=O)OCC(=O)N(c2ccccc2)C2C=CS(=O)(=O)C2)c2ccccc2n1. The highest BCUT2D eigenvalue weighted by Gasteiger charge is 2.32. The number of rotatable bonds is 6. The van der Waals surface area contributed by atoms with Gasteiger partial charge in [-0.1, -0.05) is 50.2 Å². The van der Waals surface area contributed by atoms with Crippen LogP contribution in [0, 0.1) is 0 Å². The second-order valence-corrected chi connectivity index (χ2v) is 10.1. The van der Waals surface area contributed by atoms with Gasteiger partial charge in [-0.3, -0.25) is 9.78 Å². The third kappa shape index (κ3) is 4.96. The van der Waals surface area contributed by atoms with Crippen molar-refractivity contribution in [2.24, 2.45) is 0 Å². The maximum Gasteiger partial charge on any atom is 0.339 e. The molecular formula is C25H24N2O5S. The molecule has 1 amide bonds. The molecule has 1 unspecified atom stereocenters. The summed E-state index contributed by atoms with van der Waals surface area (Å²) < 4.78 is 29.3. The molecular weight excluding hydrogens is 440 g/mol. The highest BCUT2D eigenvalue weighted by atomic mass is 32.2. The van der Waals surface area contributed by atoms with E-state index in [-0.39, 0.29) is 11.7 Å². The molecule has 0 bridgehead atoms. The summed E-state index contributed by atoms with van der Waals surface area (Å²) in [6, 6.07) is 17.0. The highest BCUT2D eigenvalue weighted by Crippen LogP contribution is 2.25. The van der Waals surface area contributed by atoms with E-state index in [4.69, 9.17) is 4.74 Å². The minimum Gasteiger partial charge on any atom is -0.452 e. The average Bonchev–Trinajstić information content (AvgIpc) is 3.16. The first kappa shape index (κ1) is 22.7. The highest BCUT2D eigenvalue weighted by molar-refractivity contribution is 7.94. The molecule has 0 fully saturated rings. The summed E-state index contributed by atoms with van der Waals surface area (Å²) in [4.78, 5) is 32.1. The van der Waals surface area contributed by atoms with Crippen molar-refractivity contribution in [2.75, 3.05) is 17.3 Å². The lowest BCUT2D eigenvalue weighted by molar-refractivity contribution is -0.121. The molecule has 33 heavy (non-hydrogen) atoms. The fourth-order valence-electron chi connectivity index (χ4n) is 3.76. The topological polar surface area (TPSA) is 93.6 Å². The van der Waals surface area contributed by atoms with Crippen LogP contribution < -0.4 is 4.90 Å². The number of esters is 1. The van der Waals surface area contributed by atoms with E-state index in [0.717, 1.165) is 11.1 Å². The number of hydrogen-bond acceptors (Lipinski definition) is 6. The van der Waals surface area contributed by atoms with Crippen LogP contribution in [0.25, 0.3) is 10.9 Å². The average molecular weight is 465 g/mol. The first-order chi connectivity index (χ1) is 15.7. The maximum absolute atomic E-state index is 13.1. The van der Waals surface area contributed by atoms with Gasteiger partial charge in [-0.2, -0.15) is 0 Å². The molecule has 1 aliphatic heterocycles. The van der Waals surface area contributed by atoms with Gasteiger partial charge in [0.05, 0.1) is 22.9 Å². The molecule has 2 heterocycles. The summed E-state index contributed by atoms with van der Waals surface area (Å²) in [5, 5.41) is 1.76. The molecule has 1 atom stereocenters. The molecule has 0 radical (unpaired) electrons. The Morgan fingerprint density at radius 3 is 2.45 bits per heavy atom. The number of amides is 1. The summed E-state index contributed by atoms with van der Waals surface area (Å²) in [6.45, 7) is 3.44. The molecule has 0 spiro atoms. The van der Waals surface area contributed by atoms with E-state index in [0.29, 0.717) is 22.2 Å². The van der Waals surface area contributed by atoms with Gasteiger partial charge in [0.25, 0.3) is 5.91 Å². The van der Waals surface area contributed by atoms with Gasteiger partial charge in [-0.25, -0.2) is 13.2 Å². The van der Waals surface area contributed by atoms with Gasteiger partial charge in [0.1, 0.15) is 0 Å². The van der Waals surface area contributed by atoms with Crippen LogP contribution in [0.4, 0.5) is 5.69 Å². The minimum absolute atomic E-state index is 0.104. The number of ether oxygens (including phenoxy) is 1. The van der Waals surface area contributed by atoms with Crippen LogP contribution >= 0.6 is 0 Å². The van der Waals surface area contributed by atoms with Gasteiger partial charge in [-0.15, -0.1) is 0 Å². The Kier molecular flexibility index (Phi) is 6.29. The molecule has 0 N–H and O–H groups in total. The van der Waals surface area contributed by atoms with Crippen molar-refractivity contribution in [1.82, 2.24) is 4.98 Å². The lowest BCUT2D eigenvalue weighted by atomic mass is 10.0. The quantitative estimate of drug-likeness (QED) is 0.514. The van der Waals surface area contributed by atoms with Crippen molar-refractivity contribution in [1.29, 1.82) is 0 Å². The summed E-state index contributed by atoms with van der Waals surface area (Å²) in [7, 11) is -3.38. The predicted molar refractivity (Wildman–Crippen MR) is 127 cm³/mol. The number of sulfone groups is 1. The van der Waals surface area contributed by atoms with E-state index in [1.807, 2.05) is 32.0 Å². The van der Waals surface area contributed by atoms with Crippen LogP contribution in [0.5, 0.6) is 0 Å². The Hall–Kier alpha value is -3.52. The summed E-state index contributed by atoms with van der Waals surface area (Å²) in [5.41, 5.74) is 2.29. The first-order valence-electron chi connectivity index (χ1n) is 10.6. The fraction of sp³-hybridized carbons (Fsp3) is 0.240. The Labute approximate surface area is 192 Å². The lowest BCUT2D eigenvalue weighted by Gasteiger charge is -2.27. The first-order valence-corrected chi connectivity index (χ1v) is 12.3. The number of anilines is 1. The number of pyridine rings is 1. The zero-order valence-corrected chi connectivity index (χ0v) is 19.2. The van der Waals surface area contributed by atoms with E-state index < -0.39 is 34.4 Å². The number of nitrogens with zero attached hydrogens (tertiary/aromatic N) is 2. The lowest BCUT2D eigenvalue weighted by Crippen LogP contribution is -2.43. The van der Waals surface area contributed by atoms with Crippen LogP contribution in [-0.4, -0.2) is 43.7 Å². The van der Waals surface area contributed by atoms with Crippen molar-refractivity contribution in [2.45, 2.75) is 25.8 Å². The summed E-state index contributed by atoms with van der Waals surface area (Å²) in [6.07, 6.45) is 1.48. The predicted octanol–water partition coefficient (Wildman–Crippen LogP) is 3.86. The van der Waals surface area contributed by atoms with Gasteiger partial charge in [0.15, 0.2) is 16.4 Å². The van der Waals surface area contributed by atoms with Crippen LogP contribution in [0.15, 0.2) is 72.1 Å². The number of hydrogen-bond donors (Lipinski definition) is 0. The second-order valence-electron chi connectivity index (χ2n) is 8.17. The van der Waals surface area contributed by atoms with Crippen molar-refractivity contribution in [3.8, 4) is 0 Å². The molecule has 3 aromatic rings. The zero-order valence-electron chi connectivity index (χ0n) is 18.3. The number of fused-ring (bicyclic) bond motifs is 1. The number of aromatic nitrogens is 1. The van der Waals surface area contributed by atoms with Crippen LogP contribution in [-0.2, 0) is 19.4 Å². The monoisotopic (exact) mass is 464 g/mol. The minimum atomic E-state index is -3.38.